The van der Waals surface area contributed by atoms with Crippen molar-refractivity contribution in [3.63, 3.8) is 0 Å². The number of amides is 1. The van der Waals surface area contributed by atoms with Crippen molar-refractivity contribution in [2.75, 3.05) is 17.1 Å². The van der Waals surface area contributed by atoms with Gasteiger partial charge in [-0.2, -0.15) is 0 Å². The van der Waals surface area contributed by atoms with E-state index < -0.39 is 10.0 Å². The van der Waals surface area contributed by atoms with Crippen LogP contribution >= 0.6 is 0 Å². The third-order valence-corrected chi connectivity index (χ3v) is 5.96. The van der Waals surface area contributed by atoms with Crippen LogP contribution in [0, 0.1) is 0 Å². The smallest absolute Gasteiger partial charge is 0.232 e. The van der Waals surface area contributed by atoms with E-state index in [-0.39, 0.29) is 24.4 Å². The number of hydrogen-bond donors (Lipinski definition) is 1. The summed E-state index contributed by atoms with van der Waals surface area (Å²) in [5.41, 5.74) is 2.58. The fourth-order valence-corrected chi connectivity index (χ4v) is 4.32. The minimum Gasteiger partial charge on any atom is -0.351 e. The van der Waals surface area contributed by atoms with E-state index in [4.69, 9.17) is 0 Å². The fourth-order valence-electron chi connectivity index (χ4n) is 3.36. The van der Waals surface area contributed by atoms with Crippen LogP contribution in [0.2, 0.25) is 0 Å². The first kappa shape index (κ1) is 22.9. The van der Waals surface area contributed by atoms with Crippen molar-refractivity contribution in [3.8, 4) is 0 Å². The molecule has 158 valence electrons. The zero-order chi connectivity index (χ0) is 21.5. The van der Waals surface area contributed by atoms with Gasteiger partial charge in [0.2, 0.25) is 15.9 Å². The molecule has 2 aromatic carbocycles. The van der Waals surface area contributed by atoms with E-state index in [1.54, 1.807) is 0 Å². The minimum absolute atomic E-state index is 0.0688. The number of carbonyl (C=O) groups is 1. The highest BCUT2D eigenvalue weighted by molar-refractivity contribution is 7.92. The van der Waals surface area contributed by atoms with Crippen molar-refractivity contribution in [2.24, 2.45) is 0 Å². The standard InChI is InChI=1S/C23H32N2O3S/c1-5-19-13-15-21(16-14-19)25(29(4,27)28)17-9-12-22(26)24-23(2,3)18-20-10-7-6-8-11-20/h6-8,10-11,13-16H,5,9,12,17-18H2,1-4H3,(H,24,26). The molecular formula is C23H32N2O3S. The number of carbonyl (C=O) groups excluding carboxylic acids is 1. The molecule has 1 amide bonds. The molecule has 2 aromatic rings. The molecule has 0 atom stereocenters. The van der Waals surface area contributed by atoms with Gasteiger partial charge in [0.15, 0.2) is 0 Å². The summed E-state index contributed by atoms with van der Waals surface area (Å²) in [5, 5.41) is 3.07. The Labute approximate surface area is 175 Å². The Morgan fingerprint density at radius 1 is 1.00 bits per heavy atom. The van der Waals surface area contributed by atoms with Gasteiger partial charge in [0, 0.05) is 18.5 Å². The molecule has 0 fully saturated rings. The third-order valence-electron chi connectivity index (χ3n) is 4.76. The maximum atomic E-state index is 12.4. The number of hydrogen-bond acceptors (Lipinski definition) is 3. The fraction of sp³-hybridized carbons (Fsp3) is 0.435. The van der Waals surface area contributed by atoms with Crippen molar-refractivity contribution in [2.45, 2.75) is 52.0 Å². The molecule has 6 heteroatoms. The summed E-state index contributed by atoms with van der Waals surface area (Å²) in [4.78, 5) is 12.4. The van der Waals surface area contributed by atoms with Gasteiger partial charge in [0.1, 0.15) is 0 Å². The quantitative estimate of drug-likeness (QED) is 0.638. The number of nitrogens with zero attached hydrogens (tertiary/aromatic N) is 1. The normalized spacial score (nSPS) is 11.9. The van der Waals surface area contributed by atoms with Gasteiger partial charge in [-0.1, -0.05) is 49.4 Å². The zero-order valence-corrected chi connectivity index (χ0v) is 18.6. The predicted molar refractivity (Wildman–Crippen MR) is 120 cm³/mol. The lowest BCUT2D eigenvalue weighted by Crippen LogP contribution is -2.45. The molecule has 0 unspecified atom stereocenters. The molecule has 0 bridgehead atoms. The van der Waals surface area contributed by atoms with E-state index in [2.05, 4.69) is 12.2 Å². The number of sulfonamides is 1. The van der Waals surface area contributed by atoms with Crippen molar-refractivity contribution >= 4 is 21.6 Å². The molecule has 0 saturated carbocycles. The second-order valence-electron chi connectivity index (χ2n) is 8.05. The maximum absolute atomic E-state index is 12.4. The van der Waals surface area contributed by atoms with Crippen molar-refractivity contribution < 1.29 is 13.2 Å². The predicted octanol–water partition coefficient (Wildman–Crippen LogP) is 3.93. The van der Waals surface area contributed by atoms with Crippen LogP contribution < -0.4 is 9.62 Å². The Morgan fingerprint density at radius 2 is 1.62 bits per heavy atom. The lowest BCUT2D eigenvalue weighted by atomic mass is 9.94. The van der Waals surface area contributed by atoms with Crippen molar-refractivity contribution in [1.29, 1.82) is 0 Å². The van der Waals surface area contributed by atoms with E-state index >= 15 is 0 Å². The summed E-state index contributed by atoms with van der Waals surface area (Å²) in [5.74, 6) is -0.0688. The summed E-state index contributed by atoms with van der Waals surface area (Å²) in [7, 11) is -3.41. The molecule has 0 saturated heterocycles. The lowest BCUT2D eigenvalue weighted by Gasteiger charge is -2.27. The Kier molecular flexibility index (Phi) is 7.85. The largest absolute Gasteiger partial charge is 0.351 e. The van der Waals surface area contributed by atoms with Gasteiger partial charge in [-0.05, 0) is 56.4 Å². The Bertz CT molecular complexity index is 891. The Hall–Kier alpha value is -2.34. The van der Waals surface area contributed by atoms with Crippen LogP contribution in [-0.4, -0.2) is 32.7 Å². The van der Waals surface area contributed by atoms with Gasteiger partial charge in [0.25, 0.3) is 0 Å². The van der Waals surface area contributed by atoms with Crippen LogP contribution in [0.15, 0.2) is 54.6 Å². The number of nitrogens with one attached hydrogen (secondary N) is 1. The van der Waals surface area contributed by atoms with E-state index in [9.17, 15) is 13.2 Å². The van der Waals surface area contributed by atoms with Gasteiger partial charge in [-0.25, -0.2) is 8.42 Å². The van der Waals surface area contributed by atoms with Crippen LogP contribution in [-0.2, 0) is 27.7 Å². The van der Waals surface area contributed by atoms with Crippen LogP contribution in [0.25, 0.3) is 0 Å². The molecule has 5 nitrogen and oxygen atoms in total. The highest BCUT2D eigenvalue weighted by Crippen LogP contribution is 2.19. The average Bonchev–Trinajstić information content (AvgIpc) is 2.64. The molecule has 0 aliphatic carbocycles. The number of benzene rings is 2. The van der Waals surface area contributed by atoms with Gasteiger partial charge in [0.05, 0.1) is 11.9 Å². The molecule has 2 rings (SSSR count). The molecule has 0 aliphatic rings. The number of anilines is 1. The van der Waals surface area contributed by atoms with Gasteiger partial charge in [-0.3, -0.25) is 9.10 Å². The van der Waals surface area contributed by atoms with Crippen LogP contribution in [0.1, 0.15) is 44.7 Å². The van der Waals surface area contributed by atoms with Gasteiger partial charge < -0.3 is 5.32 Å². The maximum Gasteiger partial charge on any atom is 0.232 e. The summed E-state index contributed by atoms with van der Waals surface area (Å²) in [6.07, 6.45) is 3.56. The summed E-state index contributed by atoms with van der Waals surface area (Å²) in [6.45, 7) is 6.32. The topological polar surface area (TPSA) is 66.5 Å². The molecule has 0 aliphatic heterocycles. The third kappa shape index (κ3) is 7.54. The van der Waals surface area contributed by atoms with Crippen LogP contribution in [0.4, 0.5) is 5.69 Å². The molecule has 29 heavy (non-hydrogen) atoms. The van der Waals surface area contributed by atoms with Crippen molar-refractivity contribution in [1.82, 2.24) is 5.32 Å². The minimum atomic E-state index is -3.41. The van der Waals surface area contributed by atoms with Gasteiger partial charge >= 0.3 is 0 Å². The van der Waals surface area contributed by atoms with E-state index in [0.29, 0.717) is 12.1 Å². The van der Waals surface area contributed by atoms with E-state index in [1.807, 2.05) is 68.4 Å². The first-order valence-corrected chi connectivity index (χ1v) is 11.9. The van der Waals surface area contributed by atoms with Crippen molar-refractivity contribution in [3.05, 3.63) is 65.7 Å². The Morgan fingerprint density at radius 3 is 2.17 bits per heavy atom. The van der Waals surface area contributed by atoms with E-state index in [0.717, 1.165) is 24.0 Å². The highest BCUT2D eigenvalue weighted by Gasteiger charge is 2.22. The molecule has 0 heterocycles. The number of rotatable bonds is 10. The summed E-state index contributed by atoms with van der Waals surface area (Å²) < 4.78 is 25.8. The number of aryl methyl sites for hydroxylation is 1. The SMILES string of the molecule is CCc1ccc(N(CCCC(=O)NC(C)(C)Cc2ccccc2)S(C)(=O)=O)cc1. The second kappa shape index (κ2) is 9.92. The van der Waals surface area contributed by atoms with Crippen LogP contribution in [0.5, 0.6) is 0 Å². The summed E-state index contributed by atoms with van der Waals surface area (Å²) >= 11 is 0. The molecule has 1 N–H and O–H groups in total. The summed E-state index contributed by atoms with van der Waals surface area (Å²) in [6, 6.07) is 17.5. The lowest BCUT2D eigenvalue weighted by molar-refractivity contribution is -0.122. The second-order valence-corrected chi connectivity index (χ2v) is 9.96. The first-order chi connectivity index (χ1) is 13.6. The van der Waals surface area contributed by atoms with Crippen LogP contribution in [0.3, 0.4) is 0 Å². The molecule has 0 spiro atoms. The highest BCUT2D eigenvalue weighted by atomic mass is 32.2. The van der Waals surface area contributed by atoms with E-state index in [1.165, 1.54) is 10.6 Å². The first-order valence-electron chi connectivity index (χ1n) is 10.0. The molecular weight excluding hydrogens is 384 g/mol. The Balaban J connectivity index is 1.92. The average molecular weight is 417 g/mol. The van der Waals surface area contributed by atoms with Gasteiger partial charge in [-0.15, -0.1) is 0 Å². The monoisotopic (exact) mass is 416 g/mol. The zero-order valence-electron chi connectivity index (χ0n) is 17.8. The molecule has 0 aromatic heterocycles. The molecule has 0 radical (unpaired) electrons.